The lowest BCUT2D eigenvalue weighted by Crippen LogP contribution is -2.11. The Morgan fingerprint density at radius 1 is 0.929 bits per heavy atom. The van der Waals surface area contributed by atoms with Crippen LogP contribution in [0.15, 0.2) is 78.9 Å². The molecule has 0 radical (unpaired) electrons. The minimum atomic E-state index is -0.213. The van der Waals surface area contributed by atoms with Crippen molar-refractivity contribution >= 4 is 16.9 Å². The van der Waals surface area contributed by atoms with Gasteiger partial charge < -0.3 is 9.72 Å². The third-order valence-corrected chi connectivity index (χ3v) is 5.24. The Hall–Kier alpha value is -3.33. The molecule has 3 nitrogen and oxygen atoms in total. The number of nitrogens with one attached hydrogen (secondary N) is 1. The van der Waals surface area contributed by atoms with E-state index in [9.17, 15) is 4.79 Å². The van der Waals surface area contributed by atoms with Gasteiger partial charge in [0, 0.05) is 16.8 Å². The highest BCUT2D eigenvalue weighted by Gasteiger charge is 2.26. The molecular formula is C25H23NO2. The Morgan fingerprint density at radius 3 is 2.32 bits per heavy atom. The minimum absolute atomic E-state index is 0.0978. The summed E-state index contributed by atoms with van der Waals surface area (Å²) in [7, 11) is 1.45. The number of aryl methyl sites for hydroxylation is 1. The minimum Gasteiger partial charge on any atom is -0.469 e. The molecule has 1 aromatic heterocycles. The number of carbonyl (C=O) groups is 1. The quantitative estimate of drug-likeness (QED) is 0.449. The predicted octanol–water partition coefficient (Wildman–Crippen LogP) is 5.84. The van der Waals surface area contributed by atoms with E-state index in [4.69, 9.17) is 4.74 Å². The molecule has 0 fully saturated rings. The molecule has 0 aliphatic rings. The van der Waals surface area contributed by atoms with Crippen molar-refractivity contribution in [1.82, 2.24) is 4.98 Å². The van der Waals surface area contributed by atoms with Crippen LogP contribution in [0.3, 0.4) is 0 Å². The third-order valence-electron chi connectivity index (χ3n) is 5.24. The van der Waals surface area contributed by atoms with Gasteiger partial charge in [0.05, 0.1) is 19.2 Å². The molecule has 1 N–H and O–H groups in total. The van der Waals surface area contributed by atoms with Crippen molar-refractivity contribution < 1.29 is 9.53 Å². The number of H-pyrrole nitrogens is 1. The maximum absolute atomic E-state index is 12.3. The number of aromatic nitrogens is 1. The van der Waals surface area contributed by atoms with Crippen LogP contribution in [0, 0.1) is 6.92 Å². The zero-order valence-corrected chi connectivity index (χ0v) is 16.1. The van der Waals surface area contributed by atoms with Crippen LogP contribution in [0.4, 0.5) is 0 Å². The fourth-order valence-electron chi connectivity index (χ4n) is 3.79. The standard InChI is InChI=1S/C25H23NO2/c1-17-12-14-18(15-13-17)21(16-23(27)28-2)24-20-10-6-7-11-22(20)26-25(24)19-8-4-3-5-9-19/h3-15,21,26H,16H2,1-2H3. The molecule has 0 amide bonds. The van der Waals surface area contributed by atoms with Gasteiger partial charge in [-0.25, -0.2) is 0 Å². The summed E-state index contributed by atoms with van der Waals surface area (Å²) in [4.78, 5) is 15.9. The van der Waals surface area contributed by atoms with Crippen molar-refractivity contribution in [3.63, 3.8) is 0 Å². The summed E-state index contributed by atoms with van der Waals surface area (Å²) >= 11 is 0. The lowest BCUT2D eigenvalue weighted by Gasteiger charge is -2.19. The van der Waals surface area contributed by atoms with E-state index in [1.807, 2.05) is 30.3 Å². The highest BCUT2D eigenvalue weighted by Crippen LogP contribution is 2.40. The average molecular weight is 369 g/mol. The fourth-order valence-corrected chi connectivity index (χ4v) is 3.79. The number of aromatic amines is 1. The summed E-state index contributed by atoms with van der Waals surface area (Å²) in [6.45, 7) is 2.07. The molecule has 0 aliphatic carbocycles. The van der Waals surface area contributed by atoms with Crippen molar-refractivity contribution in [2.45, 2.75) is 19.3 Å². The number of rotatable bonds is 5. The number of esters is 1. The first-order chi connectivity index (χ1) is 13.7. The Labute approximate surface area is 165 Å². The van der Waals surface area contributed by atoms with Crippen molar-refractivity contribution in [2.75, 3.05) is 7.11 Å². The second kappa shape index (κ2) is 7.73. The molecule has 0 bridgehead atoms. The maximum atomic E-state index is 12.3. The molecule has 140 valence electrons. The van der Waals surface area contributed by atoms with Gasteiger partial charge in [-0.05, 0) is 29.7 Å². The van der Waals surface area contributed by atoms with Crippen LogP contribution in [-0.2, 0) is 9.53 Å². The second-order valence-corrected chi connectivity index (χ2v) is 7.07. The summed E-state index contributed by atoms with van der Waals surface area (Å²) in [5, 5.41) is 1.14. The number of hydrogen-bond donors (Lipinski definition) is 1. The smallest absolute Gasteiger partial charge is 0.306 e. The van der Waals surface area contributed by atoms with Gasteiger partial charge in [0.2, 0.25) is 0 Å². The van der Waals surface area contributed by atoms with Crippen molar-refractivity contribution in [3.8, 4) is 11.3 Å². The molecule has 0 aliphatic heterocycles. The van der Waals surface area contributed by atoms with Gasteiger partial charge in [0.25, 0.3) is 0 Å². The topological polar surface area (TPSA) is 42.1 Å². The zero-order valence-electron chi connectivity index (χ0n) is 16.1. The number of fused-ring (bicyclic) bond motifs is 1. The average Bonchev–Trinajstić information content (AvgIpc) is 3.12. The van der Waals surface area contributed by atoms with Crippen LogP contribution in [0.5, 0.6) is 0 Å². The van der Waals surface area contributed by atoms with Crippen LogP contribution < -0.4 is 0 Å². The van der Waals surface area contributed by atoms with Crippen molar-refractivity contribution in [2.24, 2.45) is 0 Å². The molecule has 1 heterocycles. The van der Waals surface area contributed by atoms with Gasteiger partial charge in [0.1, 0.15) is 0 Å². The number of benzene rings is 3. The monoisotopic (exact) mass is 369 g/mol. The molecule has 0 spiro atoms. The number of ether oxygens (including phenoxy) is 1. The summed E-state index contributed by atoms with van der Waals surface area (Å²) in [5.41, 5.74) is 6.67. The van der Waals surface area contributed by atoms with Crippen LogP contribution in [0.1, 0.15) is 29.0 Å². The summed E-state index contributed by atoms with van der Waals surface area (Å²) < 4.78 is 5.03. The van der Waals surface area contributed by atoms with E-state index in [-0.39, 0.29) is 11.9 Å². The zero-order chi connectivity index (χ0) is 19.5. The van der Waals surface area contributed by atoms with E-state index in [0.717, 1.165) is 33.3 Å². The van der Waals surface area contributed by atoms with Gasteiger partial charge in [-0.1, -0.05) is 78.4 Å². The maximum Gasteiger partial charge on any atom is 0.306 e. The molecule has 3 heteroatoms. The first-order valence-electron chi connectivity index (χ1n) is 9.47. The van der Waals surface area contributed by atoms with Gasteiger partial charge in [-0.2, -0.15) is 0 Å². The highest BCUT2D eigenvalue weighted by atomic mass is 16.5. The third kappa shape index (κ3) is 3.44. The predicted molar refractivity (Wildman–Crippen MR) is 113 cm³/mol. The van der Waals surface area contributed by atoms with Gasteiger partial charge in [0.15, 0.2) is 0 Å². The largest absolute Gasteiger partial charge is 0.469 e. The van der Waals surface area contributed by atoms with E-state index in [1.54, 1.807) is 0 Å². The summed E-state index contributed by atoms with van der Waals surface area (Å²) in [5.74, 6) is -0.311. The second-order valence-electron chi connectivity index (χ2n) is 7.07. The van der Waals surface area contributed by atoms with Gasteiger partial charge >= 0.3 is 5.97 Å². The molecule has 1 atom stereocenters. The van der Waals surface area contributed by atoms with Crippen LogP contribution >= 0.6 is 0 Å². The number of para-hydroxylation sites is 1. The van der Waals surface area contributed by atoms with Crippen LogP contribution in [0.2, 0.25) is 0 Å². The van der Waals surface area contributed by atoms with Gasteiger partial charge in [-0.15, -0.1) is 0 Å². The van der Waals surface area contributed by atoms with Crippen LogP contribution in [-0.4, -0.2) is 18.1 Å². The van der Waals surface area contributed by atoms with E-state index < -0.39 is 0 Å². The van der Waals surface area contributed by atoms with E-state index in [1.165, 1.54) is 12.7 Å². The van der Waals surface area contributed by atoms with Crippen molar-refractivity contribution in [1.29, 1.82) is 0 Å². The molecule has 4 aromatic rings. The lowest BCUT2D eigenvalue weighted by molar-refractivity contribution is -0.140. The van der Waals surface area contributed by atoms with Crippen molar-refractivity contribution in [3.05, 3.63) is 95.6 Å². The van der Waals surface area contributed by atoms with Gasteiger partial charge in [-0.3, -0.25) is 4.79 Å². The van der Waals surface area contributed by atoms with E-state index in [2.05, 4.69) is 60.4 Å². The molecular weight excluding hydrogens is 346 g/mol. The molecule has 0 saturated carbocycles. The summed E-state index contributed by atoms with van der Waals surface area (Å²) in [6, 6.07) is 26.9. The molecule has 3 aromatic carbocycles. The highest BCUT2D eigenvalue weighted by molar-refractivity contribution is 5.92. The summed E-state index contributed by atoms with van der Waals surface area (Å²) in [6.07, 6.45) is 0.293. The SMILES string of the molecule is COC(=O)CC(c1ccc(C)cc1)c1c(-c2ccccc2)[nH]c2ccccc12. The Morgan fingerprint density at radius 2 is 1.61 bits per heavy atom. The van der Waals surface area contributed by atoms with E-state index >= 15 is 0 Å². The Bertz CT molecular complexity index is 1090. The number of hydrogen-bond acceptors (Lipinski definition) is 2. The first-order valence-corrected chi connectivity index (χ1v) is 9.47. The number of methoxy groups -OCH3 is 1. The molecule has 0 saturated heterocycles. The normalized spacial score (nSPS) is 12.1. The molecule has 4 rings (SSSR count). The lowest BCUT2D eigenvalue weighted by atomic mass is 9.85. The first kappa shape index (κ1) is 18.1. The molecule has 1 unspecified atom stereocenters. The van der Waals surface area contributed by atoms with E-state index in [0.29, 0.717) is 6.42 Å². The Kier molecular flexibility index (Phi) is 4.98. The Balaban J connectivity index is 1.96. The fraction of sp³-hybridized carbons (Fsp3) is 0.160. The van der Waals surface area contributed by atoms with Crippen LogP contribution in [0.25, 0.3) is 22.2 Å². The number of carbonyl (C=O) groups excluding carboxylic acids is 1. The molecule has 28 heavy (non-hydrogen) atoms.